The SMILES string of the molecule is Cn1c(=O)n(C)c2c(=O)n(Cc3nc(CCO)no3)ncc21. The molecule has 0 atom stereocenters. The van der Waals surface area contributed by atoms with Gasteiger partial charge in [0.15, 0.2) is 5.82 Å². The molecule has 0 aromatic carbocycles. The van der Waals surface area contributed by atoms with E-state index < -0.39 is 5.56 Å². The van der Waals surface area contributed by atoms with Gasteiger partial charge in [-0.15, -0.1) is 0 Å². The standard InChI is InChI=1S/C12H14N6O4/c1-16-7-5-13-18(11(20)10(7)17(2)12(16)21)6-9-14-8(3-4-19)15-22-9/h5,19H,3-4,6H2,1-2H3. The summed E-state index contributed by atoms with van der Waals surface area (Å²) in [6.07, 6.45) is 1.72. The minimum Gasteiger partial charge on any atom is -0.396 e. The Morgan fingerprint density at radius 3 is 2.77 bits per heavy atom. The molecule has 0 aliphatic heterocycles. The van der Waals surface area contributed by atoms with Crippen molar-refractivity contribution in [2.75, 3.05) is 6.61 Å². The first-order valence-electron chi connectivity index (χ1n) is 6.56. The first-order valence-corrected chi connectivity index (χ1v) is 6.56. The number of aromatic nitrogens is 6. The number of nitrogens with zero attached hydrogens (tertiary/aromatic N) is 6. The Bertz CT molecular complexity index is 947. The maximum atomic E-state index is 12.4. The first kappa shape index (κ1) is 14.2. The van der Waals surface area contributed by atoms with Crippen LogP contribution in [0.2, 0.25) is 0 Å². The number of hydrogen-bond donors (Lipinski definition) is 1. The Balaban J connectivity index is 2.04. The van der Waals surface area contributed by atoms with Gasteiger partial charge in [0.1, 0.15) is 12.1 Å². The fraction of sp³-hybridized carbons (Fsp3) is 0.417. The second-order valence-corrected chi connectivity index (χ2v) is 4.82. The fourth-order valence-electron chi connectivity index (χ4n) is 2.25. The van der Waals surface area contributed by atoms with Crippen molar-refractivity contribution in [3.8, 4) is 0 Å². The van der Waals surface area contributed by atoms with Crippen molar-refractivity contribution in [2.24, 2.45) is 14.1 Å². The zero-order valence-electron chi connectivity index (χ0n) is 12.1. The average molecular weight is 306 g/mol. The topological polar surface area (TPSA) is 121 Å². The summed E-state index contributed by atoms with van der Waals surface area (Å²) in [5.41, 5.74) is 0.00660. The molecule has 3 rings (SSSR count). The van der Waals surface area contributed by atoms with Crippen molar-refractivity contribution in [2.45, 2.75) is 13.0 Å². The molecule has 0 bridgehead atoms. The maximum Gasteiger partial charge on any atom is 0.328 e. The molecule has 0 aliphatic carbocycles. The lowest BCUT2D eigenvalue weighted by atomic mass is 10.4. The van der Waals surface area contributed by atoms with Gasteiger partial charge in [0, 0.05) is 20.5 Å². The third kappa shape index (κ3) is 2.13. The van der Waals surface area contributed by atoms with Gasteiger partial charge in [0.05, 0.1) is 18.3 Å². The van der Waals surface area contributed by atoms with Crippen LogP contribution in [0.25, 0.3) is 11.0 Å². The Hall–Kier alpha value is -2.75. The molecule has 22 heavy (non-hydrogen) atoms. The number of imidazole rings is 1. The number of hydrogen-bond acceptors (Lipinski definition) is 7. The van der Waals surface area contributed by atoms with E-state index in [4.69, 9.17) is 9.63 Å². The highest BCUT2D eigenvalue weighted by Gasteiger charge is 2.15. The summed E-state index contributed by atoms with van der Waals surface area (Å²) in [6.45, 7) is -0.0917. The van der Waals surface area contributed by atoms with E-state index in [1.54, 1.807) is 7.05 Å². The minimum atomic E-state index is -0.417. The summed E-state index contributed by atoms with van der Waals surface area (Å²) in [7, 11) is 3.11. The monoisotopic (exact) mass is 306 g/mol. The van der Waals surface area contributed by atoms with E-state index in [9.17, 15) is 9.59 Å². The number of aliphatic hydroxyl groups excluding tert-OH is 1. The molecule has 3 aromatic heterocycles. The summed E-state index contributed by atoms with van der Waals surface area (Å²) in [5.74, 6) is 0.567. The van der Waals surface area contributed by atoms with Crippen molar-refractivity contribution < 1.29 is 9.63 Å². The van der Waals surface area contributed by atoms with Crippen LogP contribution in [0.3, 0.4) is 0 Å². The highest BCUT2D eigenvalue weighted by Crippen LogP contribution is 2.05. The second-order valence-electron chi connectivity index (χ2n) is 4.82. The molecule has 0 saturated carbocycles. The normalized spacial score (nSPS) is 11.4. The molecule has 10 nitrogen and oxygen atoms in total. The molecule has 116 valence electrons. The smallest absolute Gasteiger partial charge is 0.328 e. The van der Waals surface area contributed by atoms with E-state index >= 15 is 0 Å². The van der Waals surface area contributed by atoms with E-state index in [0.29, 0.717) is 11.3 Å². The van der Waals surface area contributed by atoms with Crippen LogP contribution in [0.15, 0.2) is 20.3 Å². The summed E-state index contributed by atoms with van der Waals surface area (Å²) in [4.78, 5) is 28.4. The van der Waals surface area contributed by atoms with Crippen LogP contribution in [-0.2, 0) is 27.1 Å². The third-order valence-corrected chi connectivity index (χ3v) is 3.40. The largest absolute Gasteiger partial charge is 0.396 e. The molecule has 3 aromatic rings. The zero-order chi connectivity index (χ0) is 15.9. The van der Waals surface area contributed by atoms with E-state index in [0.717, 1.165) is 4.68 Å². The molecule has 0 fully saturated rings. The number of rotatable bonds is 4. The molecule has 0 aliphatic rings. The van der Waals surface area contributed by atoms with E-state index in [1.165, 1.54) is 22.4 Å². The van der Waals surface area contributed by atoms with Gasteiger partial charge in [0.25, 0.3) is 5.56 Å². The molecule has 0 saturated heterocycles. The zero-order valence-corrected chi connectivity index (χ0v) is 12.1. The van der Waals surface area contributed by atoms with Crippen LogP contribution >= 0.6 is 0 Å². The molecule has 10 heteroatoms. The lowest BCUT2D eigenvalue weighted by molar-refractivity contribution is 0.292. The first-order chi connectivity index (χ1) is 10.5. The van der Waals surface area contributed by atoms with Crippen LogP contribution in [0.5, 0.6) is 0 Å². The van der Waals surface area contributed by atoms with E-state index in [1.807, 2.05) is 0 Å². The molecule has 0 spiro atoms. The van der Waals surface area contributed by atoms with Crippen LogP contribution < -0.4 is 11.2 Å². The van der Waals surface area contributed by atoms with E-state index in [-0.39, 0.29) is 36.7 Å². The van der Waals surface area contributed by atoms with Gasteiger partial charge >= 0.3 is 5.69 Å². The molecule has 1 N–H and O–H groups in total. The predicted octanol–water partition coefficient (Wildman–Crippen LogP) is -1.60. The van der Waals surface area contributed by atoms with Crippen molar-refractivity contribution >= 4 is 11.0 Å². The van der Waals surface area contributed by atoms with Crippen LogP contribution in [-0.4, -0.2) is 40.8 Å². The van der Waals surface area contributed by atoms with Crippen LogP contribution in [0.4, 0.5) is 0 Å². The van der Waals surface area contributed by atoms with Gasteiger partial charge in [0.2, 0.25) is 5.89 Å². The summed E-state index contributed by atoms with van der Waals surface area (Å²) in [5, 5.41) is 16.5. The van der Waals surface area contributed by atoms with Gasteiger partial charge < -0.3 is 9.63 Å². The lowest BCUT2D eigenvalue weighted by Gasteiger charge is -2.01. The van der Waals surface area contributed by atoms with Crippen LogP contribution in [0, 0.1) is 0 Å². The molecule has 0 radical (unpaired) electrons. The average Bonchev–Trinajstić information content (AvgIpc) is 3.02. The van der Waals surface area contributed by atoms with Gasteiger partial charge in [-0.25, -0.2) is 9.48 Å². The van der Waals surface area contributed by atoms with Gasteiger partial charge in [-0.2, -0.15) is 10.1 Å². The van der Waals surface area contributed by atoms with Crippen molar-refractivity contribution in [1.82, 2.24) is 29.1 Å². The Labute approximate surface area is 123 Å². The lowest BCUT2D eigenvalue weighted by Crippen LogP contribution is -2.26. The third-order valence-electron chi connectivity index (χ3n) is 3.40. The summed E-state index contributed by atoms with van der Waals surface area (Å²) < 4.78 is 8.79. The summed E-state index contributed by atoms with van der Waals surface area (Å²) in [6, 6.07) is 0. The van der Waals surface area contributed by atoms with Crippen molar-refractivity contribution in [3.05, 3.63) is 38.8 Å². The minimum absolute atomic E-state index is 0.00368. The highest BCUT2D eigenvalue weighted by atomic mass is 16.5. The molecule has 3 heterocycles. The molecular formula is C12H14N6O4. The maximum absolute atomic E-state index is 12.4. The second kappa shape index (κ2) is 5.22. The Morgan fingerprint density at radius 2 is 2.05 bits per heavy atom. The number of aliphatic hydroxyl groups is 1. The summed E-state index contributed by atoms with van der Waals surface area (Å²) >= 11 is 0. The Morgan fingerprint density at radius 1 is 1.27 bits per heavy atom. The highest BCUT2D eigenvalue weighted by molar-refractivity contribution is 5.73. The molecule has 0 unspecified atom stereocenters. The van der Waals surface area contributed by atoms with Gasteiger partial charge in [-0.3, -0.25) is 13.9 Å². The van der Waals surface area contributed by atoms with Gasteiger partial charge in [-0.1, -0.05) is 5.16 Å². The van der Waals surface area contributed by atoms with Crippen molar-refractivity contribution in [3.63, 3.8) is 0 Å². The van der Waals surface area contributed by atoms with Crippen LogP contribution in [0.1, 0.15) is 11.7 Å². The number of fused-ring (bicyclic) bond motifs is 1. The molecule has 0 amide bonds. The predicted molar refractivity (Wildman–Crippen MR) is 74.4 cm³/mol. The van der Waals surface area contributed by atoms with Gasteiger partial charge in [-0.05, 0) is 0 Å². The van der Waals surface area contributed by atoms with E-state index in [2.05, 4.69) is 15.2 Å². The van der Waals surface area contributed by atoms with Crippen molar-refractivity contribution in [1.29, 1.82) is 0 Å². The molecular weight excluding hydrogens is 292 g/mol. The quantitative estimate of drug-likeness (QED) is 0.616. The Kier molecular flexibility index (Phi) is 3.37. The number of aryl methyl sites for hydroxylation is 2. The fourth-order valence-corrected chi connectivity index (χ4v) is 2.25.